The molecule has 5 nitrogen and oxygen atoms in total. The first-order valence-corrected chi connectivity index (χ1v) is 7.43. The molecule has 0 bridgehead atoms. The molecule has 2 rings (SSSR count). The second-order valence-electron chi connectivity index (χ2n) is 5.14. The summed E-state index contributed by atoms with van der Waals surface area (Å²) in [6, 6.07) is 8.57. The number of likely N-dealkylation sites (N-methyl/N-ethyl adjacent to an activating group) is 1. The van der Waals surface area contributed by atoms with Crippen LogP contribution in [0.4, 0.5) is 0 Å². The maximum Gasteiger partial charge on any atom is 0.138 e. The van der Waals surface area contributed by atoms with Crippen molar-refractivity contribution >= 4 is 0 Å². The van der Waals surface area contributed by atoms with Gasteiger partial charge in [0.15, 0.2) is 0 Å². The van der Waals surface area contributed by atoms with E-state index < -0.39 is 0 Å². The minimum Gasteiger partial charge on any atom is -0.497 e. The number of nitrogens with one attached hydrogen (secondary N) is 1. The maximum atomic E-state index is 5.19. The number of benzene rings is 1. The molecule has 0 aliphatic carbocycles. The number of rotatable bonds is 8. The molecule has 1 aromatic carbocycles. The molecule has 0 fully saturated rings. The second kappa shape index (κ2) is 7.78. The summed E-state index contributed by atoms with van der Waals surface area (Å²) >= 11 is 0. The van der Waals surface area contributed by atoms with Crippen LogP contribution < -0.4 is 10.1 Å². The molecule has 0 saturated heterocycles. The van der Waals surface area contributed by atoms with E-state index in [1.54, 1.807) is 13.4 Å². The minimum atomic E-state index is 0.346. The highest BCUT2D eigenvalue weighted by atomic mass is 16.5. The topological polar surface area (TPSA) is 52.0 Å². The first-order chi connectivity index (χ1) is 10.3. The number of nitrogens with zero attached hydrogens (tertiary/aromatic N) is 3. The number of hydrogen-bond donors (Lipinski definition) is 1. The molecule has 2 aromatic rings. The van der Waals surface area contributed by atoms with Crippen LogP contribution in [0.2, 0.25) is 0 Å². The Kier molecular flexibility index (Phi) is 5.75. The number of hydrogen-bond acceptors (Lipinski definition) is 4. The molecule has 21 heavy (non-hydrogen) atoms. The summed E-state index contributed by atoms with van der Waals surface area (Å²) in [5.41, 5.74) is 1.29. The molecule has 0 aliphatic rings. The van der Waals surface area contributed by atoms with Crippen LogP contribution in [0.3, 0.4) is 0 Å². The highest BCUT2D eigenvalue weighted by molar-refractivity contribution is 5.27. The SMILES string of the molecule is CCCn1ncnc1CC(Cc1ccc(OC)cc1)NC. The first kappa shape index (κ1) is 15.5. The lowest BCUT2D eigenvalue weighted by molar-refractivity contribution is 0.414. The molecular formula is C16H24N4O. The van der Waals surface area contributed by atoms with Crippen LogP contribution >= 0.6 is 0 Å². The van der Waals surface area contributed by atoms with Crippen molar-refractivity contribution in [1.82, 2.24) is 20.1 Å². The van der Waals surface area contributed by atoms with Crippen LogP contribution in [0, 0.1) is 0 Å². The van der Waals surface area contributed by atoms with Crippen molar-refractivity contribution in [1.29, 1.82) is 0 Å². The average Bonchev–Trinajstić information content (AvgIpc) is 2.95. The quantitative estimate of drug-likeness (QED) is 0.808. The van der Waals surface area contributed by atoms with Crippen LogP contribution in [0.1, 0.15) is 24.7 Å². The van der Waals surface area contributed by atoms with E-state index in [-0.39, 0.29) is 0 Å². The van der Waals surface area contributed by atoms with Crippen LogP contribution in [-0.2, 0) is 19.4 Å². The summed E-state index contributed by atoms with van der Waals surface area (Å²) in [4.78, 5) is 4.38. The molecule has 1 heterocycles. The fraction of sp³-hybridized carbons (Fsp3) is 0.500. The summed E-state index contributed by atoms with van der Waals surface area (Å²) in [5, 5.41) is 7.66. The van der Waals surface area contributed by atoms with Crippen molar-refractivity contribution in [3.8, 4) is 5.75 Å². The largest absolute Gasteiger partial charge is 0.497 e. The molecule has 1 unspecified atom stereocenters. The third-order valence-corrected chi connectivity index (χ3v) is 3.61. The number of aryl methyl sites for hydroxylation is 1. The Morgan fingerprint density at radius 3 is 2.62 bits per heavy atom. The standard InChI is InChI=1S/C16H24N4O/c1-4-9-20-16(18-12-19-20)11-14(17-2)10-13-5-7-15(21-3)8-6-13/h5-8,12,14,17H,4,9-11H2,1-3H3. The van der Waals surface area contributed by atoms with Gasteiger partial charge in [-0.25, -0.2) is 4.98 Å². The van der Waals surface area contributed by atoms with E-state index in [9.17, 15) is 0 Å². The van der Waals surface area contributed by atoms with Crippen LogP contribution in [0.5, 0.6) is 5.75 Å². The summed E-state index contributed by atoms with van der Waals surface area (Å²) in [5.74, 6) is 1.94. The molecule has 0 spiro atoms. The Labute approximate surface area is 126 Å². The summed E-state index contributed by atoms with van der Waals surface area (Å²) in [6.07, 6.45) is 4.55. The van der Waals surface area contributed by atoms with Gasteiger partial charge in [-0.3, -0.25) is 4.68 Å². The second-order valence-corrected chi connectivity index (χ2v) is 5.14. The van der Waals surface area contributed by atoms with Crippen molar-refractivity contribution in [2.24, 2.45) is 0 Å². The van der Waals surface area contributed by atoms with E-state index >= 15 is 0 Å². The molecule has 1 N–H and O–H groups in total. The van der Waals surface area contributed by atoms with Gasteiger partial charge in [-0.2, -0.15) is 5.10 Å². The molecule has 0 aliphatic heterocycles. The van der Waals surface area contributed by atoms with E-state index in [0.29, 0.717) is 6.04 Å². The zero-order valence-corrected chi connectivity index (χ0v) is 13.0. The van der Waals surface area contributed by atoms with Gasteiger partial charge in [0.05, 0.1) is 7.11 Å². The Balaban J connectivity index is 2.00. The monoisotopic (exact) mass is 288 g/mol. The third kappa shape index (κ3) is 4.29. The van der Waals surface area contributed by atoms with Crippen molar-refractivity contribution in [2.45, 2.75) is 38.8 Å². The Hall–Kier alpha value is -1.88. The highest BCUT2D eigenvalue weighted by Crippen LogP contribution is 2.14. The van der Waals surface area contributed by atoms with Crippen LogP contribution in [0.25, 0.3) is 0 Å². The number of methoxy groups -OCH3 is 1. The number of aromatic nitrogens is 3. The molecule has 0 radical (unpaired) electrons. The van der Waals surface area contributed by atoms with Crippen molar-refractivity contribution in [3.63, 3.8) is 0 Å². The normalized spacial score (nSPS) is 12.3. The summed E-state index contributed by atoms with van der Waals surface area (Å²) in [7, 11) is 3.68. The van der Waals surface area contributed by atoms with E-state index in [1.165, 1.54) is 5.56 Å². The Morgan fingerprint density at radius 2 is 2.00 bits per heavy atom. The smallest absolute Gasteiger partial charge is 0.138 e. The zero-order chi connectivity index (χ0) is 15.1. The molecular weight excluding hydrogens is 264 g/mol. The van der Waals surface area contributed by atoms with E-state index in [1.807, 2.05) is 23.9 Å². The van der Waals surface area contributed by atoms with Gasteiger partial charge in [0.1, 0.15) is 17.9 Å². The first-order valence-electron chi connectivity index (χ1n) is 7.43. The van der Waals surface area contributed by atoms with E-state index in [2.05, 4.69) is 34.5 Å². The van der Waals surface area contributed by atoms with Crippen molar-refractivity contribution in [2.75, 3.05) is 14.2 Å². The third-order valence-electron chi connectivity index (χ3n) is 3.61. The van der Waals surface area contributed by atoms with E-state index in [4.69, 9.17) is 4.74 Å². The highest BCUT2D eigenvalue weighted by Gasteiger charge is 2.13. The van der Waals surface area contributed by atoms with Crippen LogP contribution in [-0.4, -0.2) is 35.0 Å². The predicted molar refractivity (Wildman–Crippen MR) is 83.6 cm³/mol. The molecule has 114 valence electrons. The van der Waals surface area contributed by atoms with Gasteiger partial charge in [0, 0.05) is 19.0 Å². The van der Waals surface area contributed by atoms with E-state index in [0.717, 1.165) is 37.4 Å². The summed E-state index contributed by atoms with van der Waals surface area (Å²) < 4.78 is 7.19. The Bertz CT molecular complexity index is 535. The van der Waals surface area contributed by atoms with Gasteiger partial charge in [0.2, 0.25) is 0 Å². The maximum absolute atomic E-state index is 5.19. The van der Waals surface area contributed by atoms with Gasteiger partial charge in [-0.05, 0) is 37.6 Å². The molecule has 1 atom stereocenters. The molecule has 1 aromatic heterocycles. The van der Waals surface area contributed by atoms with Crippen molar-refractivity contribution in [3.05, 3.63) is 42.0 Å². The zero-order valence-electron chi connectivity index (χ0n) is 13.0. The number of ether oxygens (including phenoxy) is 1. The molecule has 0 saturated carbocycles. The molecule has 5 heteroatoms. The van der Waals surface area contributed by atoms with Gasteiger partial charge >= 0.3 is 0 Å². The minimum absolute atomic E-state index is 0.346. The van der Waals surface area contributed by atoms with Gasteiger partial charge in [-0.1, -0.05) is 19.1 Å². The van der Waals surface area contributed by atoms with Gasteiger partial charge < -0.3 is 10.1 Å². The lowest BCUT2D eigenvalue weighted by Gasteiger charge is -2.16. The lowest BCUT2D eigenvalue weighted by atomic mass is 10.0. The van der Waals surface area contributed by atoms with Crippen LogP contribution in [0.15, 0.2) is 30.6 Å². The lowest BCUT2D eigenvalue weighted by Crippen LogP contribution is -2.31. The predicted octanol–water partition coefficient (Wildman–Crippen LogP) is 2.07. The average molecular weight is 288 g/mol. The van der Waals surface area contributed by atoms with Gasteiger partial charge in [0.25, 0.3) is 0 Å². The Morgan fingerprint density at radius 1 is 1.24 bits per heavy atom. The molecule has 0 amide bonds. The summed E-state index contributed by atoms with van der Waals surface area (Å²) in [6.45, 7) is 3.08. The fourth-order valence-electron chi connectivity index (χ4n) is 2.39. The van der Waals surface area contributed by atoms with Gasteiger partial charge in [-0.15, -0.1) is 0 Å². The fourth-order valence-corrected chi connectivity index (χ4v) is 2.39. The van der Waals surface area contributed by atoms with Crippen molar-refractivity contribution < 1.29 is 4.74 Å².